The lowest BCUT2D eigenvalue weighted by atomic mass is 10.1. The number of hydrogen-bond acceptors (Lipinski definition) is 3. The maximum Gasteiger partial charge on any atom is 0.399 e. The third-order valence-corrected chi connectivity index (χ3v) is 7.02. The molecule has 0 amide bonds. The molecule has 0 saturated heterocycles. The molecule has 0 saturated carbocycles. The van der Waals surface area contributed by atoms with Crippen molar-refractivity contribution in [2.75, 3.05) is 0 Å². The molecule has 0 aliphatic carbocycles. The molecule has 0 fully saturated rings. The lowest BCUT2D eigenvalue weighted by molar-refractivity contribution is 0.0565. The summed E-state index contributed by atoms with van der Waals surface area (Å²) in [5.41, 5.74) is -3.67. The van der Waals surface area contributed by atoms with Gasteiger partial charge >= 0.3 is 24.9 Å². The molecule has 192 valence electrons. The Balaban J connectivity index is 1.77. The average Bonchev–Trinajstić information content (AvgIpc) is 3.14. The second-order valence-electron chi connectivity index (χ2n) is 8.28. The molecule has 0 radical (unpaired) electrons. The summed E-state index contributed by atoms with van der Waals surface area (Å²) in [4.78, 5) is 42.6. The first-order chi connectivity index (χ1) is 17.4. The molecule has 4 aromatic rings. The van der Waals surface area contributed by atoms with Gasteiger partial charge in [-0.25, -0.2) is 9.59 Å². The molecule has 0 aliphatic rings. The maximum absolute atomic E-state index is 14.2. The van der Waals surface area contributed by atoms with Crippen molar-refractivity contribution in [2.45, 2.75) is 18.8 Å². The van der Waals surface area contributed by atoms with E-state index in [9.17, 15) is 28.0 Å². The summed E-state index contributed by atoms with van der Waals surface area (Å²) >= 11 is 5.97. The van der Waals surface area contributed by atoms with E-state index in [0.717, 1.165) is 17.7 Å². The summed E-state index contributed by atoms with van der Waals surface area (Å²) in [5.74, 6) is -1.10. The standard InChI is InChI=1S/C25H20ClF2N2O6P/c26-21-12-17(6-11-20(21)25(27,28)37(34,35)36)14-30-22(18-7-9-19(10-8-18)23(31)32)15-29(24(30)33)13-16-4-2-1-3-5-16/h1-12,15H,13-14H2,(H,31,32)(H2,34,35,36). The van der Waals surface area contributed by atoms with Gasteiger partial charge in [0.25, 0.3) is 0 Å². The van der Waals surface area contributed by atoms with Crippen molar-refractivity contribution in [3.8, 4) is 11.3 Å². The molecule has 1 aromatic heterocycles. The highest BCUT2D eigenvalue weighted by Crippen LogP contribution is 2.60. The molecular weight excluding hydrogens is 529 g/mol. The zero-order chi connectivity index (χ0) is 27.0. The summed E-state index contributed by atoms with van der Waals surface area (Å²) in [6.45, 7) is 0.152. The van der Waals surface area contributed by atoms with E-state index in [1.807, 2.05) is 30.3 Å². The smallest absolute Gasteiger partial charge is 0.399 e. The fourth-order valence-corrected chi connectivity index (χ4v) is 4.73. The van der Waals surface area contributed by atoms with E-state index >= 15 is 0 Å². The summed E-state index contributed by atoms with van der Waals surface area (Å²) in [5, 5.41) is 8.63. The van der Waals surface area contributed by atoms with E-state index in [0.29, 0.717) is 16.8 Å². The number of hydrogen-bond donors (Lipinski definition) is 3. The van der Waals surface area contributed by atoms with E-state index in [1.54, 1.807) is 18.3 Å². The van der Waals surface area contributed by atoms with Crippen LogP contribution < -0.4 is 5.69 Å². The van der Waals surface area contributed by atoms with Crippen LogP contribution in [0.4, 0.5) is 8.78 Å². The van der Waals surface area contributed by atoms with Gasteiger partial charge in [-0.2, -0.15) is 8.78 Å². The molecule has 37 heavy (non-hydrogen) atoms. The minimum Gasteiger partial charge on any atom is -0.478 e. The zero-order valence-corrected chi connectivity index (χ0v) is 20.6. The Morgan fingerprint density at radius 2 is 1.59 bits per heavy atom. The number of nitrogens with zero attached hydrogens (tertiary/aromatic N) is 2. The Kier molecular flexibility index (Phi) is 7.21. The fourth-order valence-electron chi connectivity index (χ4n) is 3.83. The van der Waals surface area contributed by atoms with Crippen LogP contribution in [-0.4, -0.2) is 30.0 Å². The SMILES string of the molecule is O=C(O)c1ccc(-c2cn(Cc3ccccc3)c(=O)n2Cc2ccc(C(F)(F)P(=O)(O)O)c(Cl)c2)cc1. The Hall–Kier alpha value is -3.56. The molecule has 3 N–H and O–H groups in total. The van der Waals surface area contributed by atoms with Crippen LogP contribution in [0.5, 0.6) is 0 Å². The van der Waals surface area contributed by atoms with Crippen molar-refractivity contribution in [1.29, 1.82) is 0 Å². The number of carboxylic acid groups (broad SMARTS) is 1. The predicted octanol–water partition coefficient (Wildman–Crippen LogP) is 4.99. The van der Waals surface area contributed by atoms with Gasteiger partial charge in [0.1, 0.15) is 0 Å². The van der Waals surface area contributed by atoms with Gasteiger partial charge in [-0.1, -0.05) is 66.2 Å². The number of carboxylic acids is 1. The summed E-state index contributed by atoms with van der Waals surface area (Å²) < 4.78 is 42.5. The van der Waals surface area contributed by atoms with E-state index in [-0.39, 0.29) is 18.7 Å². The zero-order valence-electron chi connectivity index (χ0n) is 19.0. The third kappa shape index (κ3) is 5.42. The molecule has 4 rings (SSSR count). The van der Waals surface area contributed by atoms with Gasteiger partial charge in [0, 0.05) is 6.20 Å². The molecular formula is C25H20ClF2N2O6P. The first-order valence-electron chi connectivity index (χ1n) is 10.8. The topological polar surface area (TPSA) is 122 Å². The highest BCUT2D eigenvalue weighted by molar-refractivity contribution is 7.52. The molecule has 0 atom stereocenters. The first kappa shape index (κ1) is 26.5. The van der Waals surface area contributed by atoms with E-state index in [4.69, 9.17) is 21.4 Å². The monoisotopic (exact) mass is 548 g/mol. The summed E-state index contributed by atoms with van der Waals surface area (Å²) in [7, 11) is -5.81. The second-order valence-corrected chi connectivity index (χ2v) is 10.3. The van der Waals surface area contributed by atoms with Gasteiger partial charge < -0.3 is 14.9 Å². The number of alkyl halides is 2. The number of imidazole rings is 1. The number of benzene rings is 3. The Morgan fingerprint density at radius 3 is 2.16 bits per heavy atom. The minimum atomic E-state index is -5.81. The fraction of sp³-hybridized carbons (Fsp3) is 0.120. The van der Waals surface area contributed by atoms with Crippen molar-refractivity contribution in [1.82, 2.24) is 9.13 Å². The van der Waals surface area contributed by atoms with Crippen LogP contribution in [0, 0.1) is 0 Å². The van der Waals surface area contributed by atoms with Crippen LogP contribution in [0.25, 0.3) is 11.3 Å². The Bertz CT molecular complexity index is 1560. The van der Waals surface area contributed by atoms with Gasteiger partial charge in [-0.05, 0) is 34.9 Å². The van der Waals surface area contributed by atoms with Gasteiger partial charge in [-0.15, -0.1) is 0 Å². The third-order valence-electron chi connectivity index (χ3n) is 5.73. The number of rotatable bonds is 8. The highest BCUT2D eigenvalue weighted by Gasteiger charge is 2.51. The number of aromatic carboxylic acids is 1. The van der Waals surface area contributed by atoms with Gasteiger partial charge in [0.05, 0.1) is 34.9 Å². The van der Waals surface area contributed by atoms with E-state index < -0.39 is 35.5 Å². The molecule has 12 heteroatoms. The summed E-state index contributed by atoms with van der Waals surface area (Å²) in [6, 6.07) is 18.3. The molecule has 0 aliphatic heterocycles. The predicted molar refractivity (Wildman–Crippen MR) is 133 cm³/mol. The second kappa shape index (κ2) is 10.1. The Labute approximate surface area is 214 Å². The first-order valence-corrected chi connectivity index (χ1v) is 12.8. The van der Waals surface area contributed by atoms with Gasteiger partial charge in [0.15, 0.2) is 0 Å². The van der Waals surface area contributed by atoms with Crippen LogP contribution in [0.1, 0.15) is 27.0 Å². The maximum atomic E-state index is 14.2. The van der Waals surface area contributed by atoms with Crippen molar-refractivity contribution >= 4 is 25.2 Å². The Morgan fingerprint density at radius 1 is 0.946 bits per heavy atom. The largest absolute Gasteiger partial charge is 0.478 e. The lowest BCUT2D eigenvalue weighted by Gasteiger charge is -2.19. The minimum absolute atomic E-state index is 0.0646. The van der Waals surface area contributed by atoms with Crippen LogP contribution in [0.3, 0.4) is 0 Å². The normalized spacial score (nSPS) is 12.0. The van der Waals surface area contributed by atoms with Crippen LogP contribution >= 0.6 is 19.2 Å². The van der Waals surface area contributed by atoms with Crippen molar-refractivity contribution < 1.29 is 33.0 Å². The highest BCUT2D eigenvalue weighted by atomic mass is 35.5. The quantitative estimate of drug-likeness (QED) is 0.267. The van der Waals surface area contributed by atoms with Crippen molar-refractivity contribution in [3.63, 3.8) is 0 Å². The average molecular weight is 549 g/mol. The van der Waals surface area contributed by atoms with Crippen LogP contribution in [0.2, 0.25) is 5.02 Å². The van der Waals surface area contributed by atoms with Crippen LogP contribution in [-0.2, 0) is 23.3 Å². The van der Waals surface area contributed by atoms with E-state index in [2.05, 4.69) is 0 Å². The summed E-state index contributed by atoms with van der Waals surface area (Å²) in [6.07, 6.45) is 1.61. The molecule has 1 heterocycles. The molecule has 8 nitrogen and oxygen atoms in total. The molecule has 3 aromatic carbocycles. The van der Waals surface area contributed by atoms with Gasteiger partial charge in [-0.3, -0.25) is 13.7 Å². The molecule has 0 spiro atoms. The lowest BCUT2D eigenvalue weighted by Crippen LogP contribution is -2.25. The van der Waals surface area contributed by atoms with Gasteiger partial charge in [0.2, 0.25) is 0 Å². The van der Waals surface area contributed by atoms with Crippen LogP contribution in [0.15, 0.2) is 83.8 Å². The van der Waals surface area contributed by atoms with E-state index in [1.165, 1.54) is 27.3 Å². The van der Waals surface area contributed by atoms with Crippen molar-refractivity contribution in [2.24, 2.45) is 0 Å². The number of aromatic nitrogens is 2. The molecule has 0 unspecified atom stereocenters. The number of carbonyl (C=O) groups is 1. The van der Waals surface area contributed by atoms with Crippen molar-refractivity contribution in [3.05, 3.63) is 117 Å². The number of halogens is 3. The molecule has 0 bridgehead atoms.